The zero-order valence-corrected chi connectivity index (χ0v) is 20.8. The van der Waals surface area contributed by atoms with Gasteiger partial charge in [-0.2, -0.15) is 0 Å². The third-order valence-corrected chi connectivity index (χ3v) is 7.23. The molecule has 1 saturated carbocycles. The van der Waals surface area contributed by atoms with E-state index in [1.165, 1.54) is 11.1 Å². The quantitative estimate of drug-likeness (QED) is 0.373. The van der Waals surface area contributed by atoms with Gasteiger partial charge in [0.15, 0.2) is 6.29 Å². The molecule has 1 aromatic carbocycles. The maximum atomic E-state index is 12.1. The molecule has 0 amide bonds. The maximum Gasteiger partial charge on any atom is 0.168 e. The Balaban J connectivity index is 1.88. The number of carbonyl (C=O) groups is 1. The molecule has 0 atom stereocenters. The van der Waals surface area contributed by atoms with E-state index in [2.05, 4.69) is 68.9 Å². The molecule has 0 spiro atoms. The smallest absolute Gasteiger partial charge is 0.168 e. The van der Waals surface area contributed by atoms with Crippen molar-refractivity contribution >= 4 is 23.6 Å². The van der Waals surface area contributed by atoms with Crippen LogP contribution in [0.5, 0.6) is 0 Å². The molecule has 0 N–H and O–H groups in total. The van der Waals surface area contributed by atoms with Crippen molar-refractivity contribution in [3.8, 4) is 0 Å². The van der Waals surface area contributed by atoms with Crippen LogP contribution in [0, 0.1) is 18.3 Å². The van der Waals surface area contributed by atoms with E-state index in [0.717, 1.165) is 44.9 Å². The molecule has 0 unspecified atom stereocenters. The minimum absolute atomic E-state index is 0.278. The van der Waals surface area contributed by atoms with Gasteiger partial charge in [0.1, 0.15) is 11.4 Å². The molecule has 3 rings (SSSR count). The fourth-order valence-electron chi connectivity index (χ4n) is 4.72. The van der Waals surface area contributed by atoms with Gasteiger partial charge in [0.25, 0.3) is 0 Å². The SMILES string of the molecule is Cc1ccc(CCN(C)C2(/N=C(\C=O)c3cncc(Cl)c3)CCC(C(C)(C)C)CC2)cc1. The van der Waals surface area contributed by atoms with Crippen LogP contribution < -0.4 is 0 Å². The van der Waals surface area contributed by atoms with Gasteiger partial charge in [0.05, 0.1) is 5.02 Å². The number of likely N-dealkylation sites (N-methyl/N-ethyl adjacent to an activating group) is 1. The normalized spacial score (nSPS) is 22.2. The summed E-state index contributed by atoms with van der Waals surface area (Å²) in [4.78, 5) is 23.7. The number of rotatable bonds is 7. The fourth-order valence-corrected chi connectivity index (χ4v) is 4.89. The van der Waals surface area contributed by atoms with E-state index >= 15 is 0 Å². The minimum atomic E-state index is -0.398. The van der Waals surface area contributed by atoms with Crippen LogP contribution in [0.3, 0.4) is 0 Å². The number of aliphatic imine (C=N–C) groups is 1. The average molecular weight is 454 g/mol. The largest absolute Gasteiger partial charge is 0.296 e. The van der Waals surface area contributed by atoms with E-state index in [9.17, 15) is 4.79 Å². The van der Waals surface area contributed by atoms with Crippen molar-refractivity contribution in [2.75, 3.05) is 13.6 Å². The first kappa shape index (κ1) is 24.6. The van der Waals surface area contributed by atoms with Crippen LogP contribution in [0.4, 0.5) is 0 Å². The van der Waals surface area contributed by atoms with Gasteiger partial charge >= 0.3 is 0 Å². The van der Waals surface area contributed by atoms with Gasteiger partial charge in [0.2, 0.25) is 0 Å². The van der Waals surface area contributed by atoms with Gasteiger partial charge in [-0.05, 0) is 69.0 Å². The molecular formula is C27H36ClN3O. The molecule has 5 heteroatoms. The molecule has 0 aliphatic heterocycles. The average Bonchev–Trinajstić information content (AvgIpc) is 2.76. The zero-order chi connectivity index (χ0) is 23.4. The van der Waals surface area contributed by atoms with Gasteiger partial charge in [-0.25, -0.2) is 0 Å². The maximum absolute atomic E-state index is 12.1. The van der Waals surface area contributed by atoms with Gasteiger partial charge in [-0.3, -0.25) is 19.7 Å². The number of halogens is 1. The van der Waals surface area contributed by atoms with Crippen molar-refractivity contribution in [1.82, 2.24) is 9.88 Å². The number of nitrogens with zero attached hydrogens (tertiary/aromatic N) is 3. The summed E-state index contributed by atoms with van der Waals surface area (Å²) >= 11 is 6.14. The Hall–Kier alpha value is -2.04. The summed E-state index contributed by atoms with van der Waals surface area (Å²) in [5, 5.41) is 0.510. The highest BCUT2D eigenvalue weighted by atomic mass is 35.5. The van der Waals surface area contributed by atoms with Crippen molar-refractivity contribution in [2.45, 2.75) is 65.5 Å². The molecule has 1 fully saturated rings. The predicted octanol–water partition coefficient (Wildman–Crippen LogP) is 6.14. The minimum Gasteiger partial charge on any atom is -0.296 e. The van der Waals surface area contributed by atoms with Crippen molar-refractivity contribution in [1.29, 1.82) is 0 Å². The van der Waals surface area contributed by atoms with Gasteiger partial charge in [0, 0.05) is 24.5 Å². The topological polar surface area (TPSA) is 45.6 Å². The molecule has 1 heterocycles. The number of aromatic nitrogens is 1. The summed E-state index contributed by atoms with van der Waals surface area (Å²) in [7, 11) is 2.15. The number of hydrogen-bond acceptors (Lipinski definition) is 4. The highest BCUT2D eigenvalue weighted by molar-refractivity contribution is 6.37. The molecule has 4 nitrogen and oxygen atoms in total. The third-order valence-electron chi connectivity index (χ3n) is 7.02. The number of benzene rings is 1. The second kappa shape index (κ2) is 10.3. The predicted molar refractivity (Wildman–Crippen MR) is 134 cm³/mol. The lowest BCUT2D eigenvalue weighted by atomic mass is 9.69. The highest BCUT2D eigenvalue weighted by Crippen LogP contribution is 2.44. The molecule has 2 aromatic rings. The molecule has 172 valence electrons. The van der Waals surface area contributed by atoms with Crippen LogP contribution in [0.2, 0.25) is 5.02 Å². The molecule has 1 aromatic heterocycles. The molecular weight excluding hydrogens is 418 g/mol. The molecule has 32 heavy (non-hydrogen) atoms. The Morgan fingerprint density at radius 3 is 2.44 bits per heavy atom. The van der Waals surface area contributed by atoms with Gasteiger partial charge < -0.3 is 0 Å². The van der Waals surface area contributed by atoms with E-state index in [1.807, 2.05) is 0 Å². The molecule has 1 aliphatic rings. The van der Waals surface area contributed by atoms with Crippen LogP contribution in [-0.2, 0) is 11.2 Å². The Morgan fingerprint density at radius 2 is 1.88 bits per heavy atom. The number of aryl methyl sites for hydroxylation is 1. The molecule has 0 bridgehead atoms. The van der Waals surface area contributed by atoms with E-state index in [1.54, 1.807) is 18.5 Å². The summed E-state index contributed by atoms with van der Waals surface area (Å²) in [5.41, 5.74) is 3.58. The summed E-state index contributed by atoms with van der Waals surface area (Å²) < 4.78 is 0. The zero-order valence-electron chi connectivity index (χ0n) is 20.1. The Labute approximate surface area is 198 Å². The lowest BCUT2D eigenvalue weighted by molar-refractivity contribution is -0.102. The Morgan fingerprint density at radius 1 is 1.22 bits per heavy atom. The van der Waals surface area contributed by atoms with Crippen molar-refractivity contribution in [3.05, 3.63) is 64.4 Å². The summed E-state index contributed by atoms with van der Waals surface area (Å²) in [6, 6.07) is 10.5. The van der Waals surface area contributed by atoms with E-state index < -0.39 is 5.66 Å². The van der Waals surface area contributed by atoms with Gasteiger partial charge in [-0.15, -0.1) is 0 Å². The van der Waals surface area contributed by atoms with E-state index in [-0.39, 0.29) is 5.41 Å². The first-order chi connectivity index (χ1) is 15.1. The number of pyridine rings is 1. The summed E-state index contributed by atoms with van der Waals surface area (Å²) in [6.07, 6.45) is 9.11. The van der Waals surface area contributed by atoms with Gasteiger partial charge in [-0.1, -0.05) is 62.2 Å². The standard InChI is InChI=1S/C27H36ClN3O/c1-20-6-8-21(9-7-20)12-15-31(5)27(13-10-23(11-14-27)26(2,3)4)30-25(19-32)22-16-24(28)18-29-17-22/h6-9,16-19,23H,10-15H2,1-5H3/b30-25+. The lowest BCUT2D eigenvalue weighted by Crippen LogP contribution is -2.50. The number of hydrogen-bond donors (Lipinski definition) is 0. The van der Waals surface area contributed by atoms with Crippen LogP contribution in [0.25, 0.3) is 0 Å². The number of aldehydes is 1. The van der Waals surface area contributed by atoms with E-state index in [0.29, 0.717) is 22.2 Å². The van der Waals surface area contributed by atoms with Crippen LogP contribution in [0.1, 0.15) is 63.1 Å². The Bertz CT molecular complexity index is 938. The fraction of sp³-hybridized carbons (Fsp3) is 0.519. The van der Waals surface area contributed by atoms with Crippen LogP contribution >= 0.6 is 11.6 Å². The van der Waals surface area contributed by atoms with Crippen molar-refractivity contribution in [3.63, 3.8) is 0 Å². The van der Waals surface area contributed by atoms with Crippen molar-refractivity contribution < 1.29 is 4.79 Å². The molecule has 0 saturated heterocycles. The van der Waals surface area contributed by atoms with Crippen molar-refractivity contribution in [2.24, 2.45) is 16.3 Å². The Kier molecular flexibility index (Phi) is 7.89. The third kappa shape index (κ3) is 6.05. The van der Waals surface area contributed by atoms with E-state index in [4.69, 9.17) is 16.6 Å². The molecule has 0 radical (unpaired) electrons. The summed E-state index contributed by atoms with van der Waals surface area (Å²) in [6.45, 7) is 9.96. The lowest BCUT2D eigenvalue weighted by Gasteiger charge is -2.46. The first-order valence-corrected chi connectivity index (χ1v) is 11.9. The van der Waals surface area contributed by atoms with Crippen LogP contribution in [-0.4, -0.2) is 41.1 Å². The second-order valence-electron chi connectivity index (χ2n) is 10.3. The van der Waals surface area contributed by atoms with Crippen LogP contribution in [0.15, 0.2) is 47.7 Å². The first-order valence-electron chi connectivity index (χ1n) is 11.6. The highest BCUT2D eigenvalue weighted by Gasteiger charge is 2.41. The summed E-state index contributed by atoms with van der Waals surface area (Å²) in [5.74, 6) is 0.656. The monoisotopic (exact) mass is 453 g/mol. The second-order valence-corrected chi connectivity index (χ2v) is 10.7. The molecule has 1 aliphatic carbocycles. The number of carbonyl (C=O) groups excluding carboxylic acids is 1.